The van der Waals surface area contributed by atoms with Gasteiger partial charge in [-0.3, -0.25) is 14.4 Å². The molecular formula is C16H23N3O6. The van der Waals surface area contributed by atoms with Gasteiger partial charge in [0.15, 0.2) is 0 Å². The SMILES string of the molecule is Cc1cc(CC(=O)N2CC[C@@H](O)[C@@]3(CCCNC3=O)C2)on1.O=CO. The molecule has 1 spiro atoms. The standard InChI is InChI=1S/C15H21N3O4.CH2O2/c1-10-7-11(22-17-10)8-13(20)18-6-3-12(19)15(9-18)4-2-5-16-14(15)21;2-1-3/h7,12,19H,2-6,8-9H2,1H3,(H,16,21);1H,(H,2,3)/t12-,15-;/m1./s1. The normalized spacial score (nSPS) is 25.8. The minimum atomic E-state index is -0.858. The Hall–Kier alpha value is -2.42. The van der Waals surface area contributed by atoms with E-state index in [2.05, 4.69) is 10.5 Å². The van der Waals surface area contributed by atoms with E-state index in [1.54, 1.807) is 17.9 Å². The molecule has 3 N–H and O–H groups in total. The fraction of sp³-hybridized carbons (Fsp3) is 0.625. The van der Waals surface area contributed by atoms with Gasteiger partial charge >= 0.3 is 0 Å². The molecule has 9 nitrogen and oxygen atoms in total. The maximum atomic E-state index is 12.4. The second-order valence-electron chi connectivity index (χ2n) is 6.35. The monoisotopic (exact) mass is 353 g/mol. The van der Waals surface area contributed by atoms with E-state index in [9.17, 15) is 14.7 Å². The summed E-state index contributed by atoms with van der Waals surface area (Å²) in [6.45, 7) is 2.92. The molecule has 0 unspecified atom stereocenters. The number of amides is 2. The molecule has 0 bridgehead atoms. The van der Waals surface area contributed by atoms with Crippen LogP contribution < -0.4 is 5.32 Å². The van der Waals surface area contributed by atoms with Crippen molar-refractivity contribution in [3.8, 4) is 0 Å². The molecule has 0 saturated carbocycles. The van der Waals surface area contributed by atoms with E-state index in [1.165, 1.54) is 0 Å². The first-order valence-electron chi connectivity index (χ1n) is 8.17. The third-order valence-corrected chi connectivity index (χ3v) is 4.68. The molecule has 0 radical (unpaired) electrons. The predicted octanol–water partition coefficient (Wildman–Crippen LogP) is -0.284. The molecule has 2 aliphatic rings. The van der Waals surface area contributed by atoms with E-state index < -0.39 is 11.5 Å². The lowest BCUT2D eigenvalue weighted by Gasteiger charge is -2.46. The lowest BCUT2D eigenvalue weighted by atomic mass is 9.71. The molecule has 2 fully saturated rings. The van der Waals surface area contributed by atoms with Crippen LogP contribution in [0.15, 0.2) is 10.6 Å². The van der Waals surface area contributed by atoms with Gasteiger partial charge in [0.1, 0.15) is 5.76 Å². The van der Waals surface area contributed by atoms with Crippen molar-refractivity contribution < 1.29 is 29.1 Å². The van der Waals surface area contributed by atoms with Crippen molar-refractivity contribution in [2.45, 2.75) is 38.7 Å². The Morgan fingerprint density at radius 2 is 2.32 bits per heavy atom. The third kappa shape index (κ3) is 4.16. The molecule has 3 rings (SSSR count). The number of carbonyl (C=O) groups excluding carboxylic acids is 2. The molecule has 3 heterocycles. The van der Waals surface area contributed by atoms with Gasteiger partial charge in [-0.15, -0.1) is 0 Å². The summed E-state index contributed by atoms with van der Waals surface area (Å²) in [4.78, 5) is 34.7. The fourth-order valence-electron chi connectivity index (χ4n) is 3.42. The highest BCUT2D eigenvalue weighted by atomic mass is 16.5. The highest BCUT2D eigenvalue weighted by Gasteiger charge is 2.50. The van der Waals surface area contributed by atoms with Crippen LogP contribution in [-0.4, -0.2) is 64.3 Å². The Bertz CT molecular complexity index is 631. The molecular weight excluding hydrogens is 330 g/mol. The summed E-state index contributed by atoms with van der Waals surface area (Å²) in [5.74, 6) is 0.288. The summed E-state index contributed by atoms with van der Waals surface area (Å²) >= 11 is 0. The summed E-state index contributed by atoms with van der Waals surface area (Å²) < 4.78 is 5.08. The summed E-state index contributed by atoms with van der Waals surface area (Å²) in [7, 11) is 0. The number of aliphatic hydroxyl groups is 1. The summed E-state index contributed by atoms with van der Waals surface area (Å²) in [5, 5.41) is 23.8. The minimum Gasteiger partial charge on any atom is -0.483 e. The predicted molar refractivity (Wildman–Crippen MR) is 85.5 cm³/mol. The molecule has 0 aromatic carbocycles. The van der Waals surface area contributed by atoms with Gasteiger partial charge in [-0.1, -0.05) is 5.16 Å². The van der Waals surface area contributed by atoms with Crippen LogP contribution in [0.4, 0.5) is 0 Å². The van der Waals surface area contributed by atoms with Gasteiger partial charge in [-0.05, 0) is 26.2 Å². The van der Waals surface area contributed by atoms with Gasteiger partial charge in [0.05, 0.1) is 23.6 Å². The average molecular weight is 353 g/mol. The first kappa shape index (κ1) is 18.9. The average Bonchev–Trinajstić information content (AvgIpc) is 2.98. The summed E-state index contributed by atoms with van der Waals surface area (Å²) in [5.41, 5.74) is -0.122. The van der Waals surface area contributed by atoms with Crippen LogP contribution in [0, 0.1) is 12.3 Å². The smallest absolute Gasteiger partial charge is 0.290 e. The number of likely N-dealkylation sites (tertiary alicyclic amines) is 1. The van der Waals surface area contributed by atoms with E-state index >= 15 is 0 Å². The van der Waals surface area contributed by atoms with Crippen molar-refractivity contribution in [2.75, 3.05) is 19.6 Å². The fourth-order valence-corrected chi connectivity index (χ4v) is 3.42. The van der Waals surface area contributed by atoms with E-state index in [-0.39, 0.29) is 31.3 Å². The first-order valence-corrected chi connectivity index (χ1v) is 8.17. The summed E-state index contributed by atoms with van der Waals surface area (Å²) in [6.07, 6.45) is 1.31. The molecule has 1 aromatic rings. The van der Waals surface area contributed by atoms with E-state index in [0.717, 1.165) is 12.1 Å². The number of hydrogen-bond acceptors (Lipinski definition) is 6. The van der Waals surface area contributed by atoms with E-state index in [0.29, 0.717) is 31.7 Å². The molecule has 2 saturated heterocycles. The lowest BCUT2D eigenvalue weighted by molar-refractivity contribution is -0.154. The number of nitrogens with one attached hydrogen (secondary N) is 1. The highest BCUT2D eigenvalue weighted by molar-refractivity contribution is 5.86. The van der Waals surface area contributed by atoms with Crippen molar-refractivity contribution >= 4 is 18.3 Å². The minimum absolute atomic E-state index is 0.0965. The van der Waals surface area contributed by atoms with Crippen molar-refractivity contribution in [3.63, 3.8) is 0 Å². The Morgan fingerprint density at radius 3 is 2.92 bits per heavy atom. The zero-order valence-corrected chi connectivity index (χ0v) is 14.1. The van der Waals surface area contributed by atoms with Crippen LogP contribution in [0.2, 0.25) is 0 Å². The van der Waals surface area contributed by atoms with E-state index in [4.69, 9.17) is 14.4 Å². The molecule has 9 heteroatoms. The van der Waals surface area contributed by atoms with Gasteiger partial charge < -0.3 is 25.0 Å². The number of aryl methyl sites for hydroxylation is 1. The van der Waals surface area contributed by atoms with Crippen molar-refractivity contribution in [3.05, 3.63) is 17.5 Å². The van der Waals surface area contributed by atoms with Crippen LogP contribution in [0.1, 0.15) is 30.7 Å². The number of nitrogens with zero attached hydrogens (tertiary/aromatic N) is 2. The zero-order valence-electron chi connectivity index (χ0n) is 14.1. The number of rotatable bonds is 2. The van der Waals surface area contributed by atoms with Crippen LogP contribution >= 0.6 is 0 Å². The van der Waals surface area contributed by atoms with Gasteiger partial charge in [0, 0.05) is 25.7 Å². The number of aliphatic hydroxyl groups excluding tert-OH is 1. The largest absolute Gasteiger partial charge is 0.483 e. The lowest BCUT2D eigenvalue weighted by Crippen LogP contribution is -2.62. The number of piperidine rings is 2. The summed E-state index contributed by atoms with van der Waals surface area (Å²) in [6, 6.07) is 1.74. The number of aromatic nitrogens is 1. The Kier molecular flexibility index (Phi) is 6.13. The maximum Gasteiger partial charge on any atom is 0.290 e. The van der Waals surface area contributed by atoms with Crippen LogP contribution in [0.3, 0.4) is 0 Å². The van der Waals surface area contributed by atoms with E-state index in [1.807, 2.05) is 0 Å². The third-order valence-electron chi connectivity index (χ3n) is 4.68. The Balaban J connectivity index is 0.000000701. The number of carboxylic acid groups (broad SMARTS) is 1. The molecule has 25 heavy (non-hydrogen) atoms. The Morgan fingerprint density at radius 1 is 1.60 bits per heavy atom. The van der Waals surface area contributed by atoms with Crippen LogP contribution in [-0.2, 0) is 20.8 Å². The molecule has 2 amide bonds. The topological polar surface area (TPSA) is 133 Å². The molecule has 138 valence electrons. The number of carbonyl (C=O) groups is 3. The highest BCUT2D eigenvalue weighted by Crippen LogP contribution is 2.37. The van der Waals surface area contributed by atoms with Crippen molar-refractivity contribution in [1.82, 2.24) is 15.4 Å². The van der Waals surface area contributed by atoms with Crippen LogP contribution in [0.5, 0.6) is 0 Å². The van der Waals surface area contributed by atoms with Gasteiger partial charge in [0.25, 0.3) is 6.47 Å². The second-order valence-corrected chi connectivity index (χ2v) is 6.35. The molecule has 2 atom stereocenters. The molecule has 0 aliphatic carbocycles. The second kappa shape index (κ2) is 8.11. The number of hydrogen-bond donors (Lipinski definition) is 3. The zero-order chi connectivity index (χ0) is 18.4. The molecule has 1 aromatic heterocycles. The quantitative estimate of drug-likeness (QED) is 0.623. The van der Waals surface area contributed by atoms with Crippen LogP contribution in [0.25, 0.3) is 0 Å². The van der Waals surface area contributed by atoms with Crippen molar-refractivity contribution in [2.24, 2.45) is 5.41 Å². The van der Waals surface area contributed by atoms with Gasteiger partial charge in [-0.25, -0.2) is 0 Å². The van der Waals surface area contributed by atoms with Gasteiger partial charge in [-0.2, -0.15) is 0 Å². The Labute approximate surface area is 145 Å². The van der Waals surface area contributed by atoms with Gasteiger partial charge in [0.2, 0.25) is 11.8 Å². The molecule has 2 aliphatic heterocycles. The maximum absolute atomic E-state index is 12.4. The van der Waals surface area contributed by atoms with Crippen molar-refractivity contribution in [1.29, 1.82) is 0 Å². The first-order chi connectivity index (χ1) is 11.9.